The number of hydrogen-bond donors (Lipinski definition) is 1. The van der Waals surface area contributed by atoms with Crippen molar-refractivity contribution >= 4 is 65.3 Å². The van der Waals surface area contributed by atoms with Crippen molar-refractivity contribution in [2.45, 2.75) is 31.7 Å². The number of carbonyl (C=O) groups excluding carboxylic acids is 1. The van der Waals surface area contributed by atoms with Gasteiger partial charge in [-0.05, 0) is 116 Å². The summed E-state index contributed by atoms with van der Waals surface area (Å²) < 4.78 is 0. The second-order valence-corrected chi connectivity index (χ2v) is 9.78. The Hall–Kier alpha value is -3.91. The zero-order chi connectivity index (χ0) is 22.6. The fourth-order valence-corrected chi connectivity index (χ4v) is 5.65. The maximum Gasteiger partial charge on any atom is 0.133 e. The first-order chi connectivity index (χ1) is 16.7. The minimum Gasteiger partial charge on any atom is -0.382 e. The Balaban J connectivity index is 1.37. The van der Waals surface area contributed by atoms with Gasteiger partial charge in [-0.1, -0.05) is 36.4 Å². The van der Waals surface area contributed by atoms with Crippen LogP contribution in [0.1, 0.15) is 25.7 Å². The van der Waals surface area contributed by atoms with E-state index in [-0.39, 0.29) is 0 Å². The highest BCUT2D eigenvalue weighted by molar-refractivity contribution is 6.11. The van der Waals surface area contributed by atoms with Crippen LogP contribution in [0.5, 0.6) is 0 Å². The number of carbonyl (C=O) groups is 1. The van der Waals surface area contributed by atoms with Gasteiger partial charge in [0.2, 0.25) is 0 Å². The van der Waals surface area contributed by atoms with E-state index in [4.69, 9.17) is 0 Å². The molecule has 0 saturated heterocycles. The first-order valence-electron chi connectivity index (χ1n) is 12.2. The number of hydrogen-bond acceptors (Lipinski definition) is 2. The molecular formula is C32H25NO. The maximum atomic E-state index is 11.6. The van der Waals surface area contributed by atoms with Crippen molar-refractivity contribution < 1.29 is 4.79 Å². The van der Waals surface area contributed by atoms with Gasteiger partial charge in [0.1, 0.15) is 5.78 Å². The van der Waals surface area contributed by atoms with Gasteiger partial charge >= 0.3 is 0 Å². The molecule has 0 amide bonds. The summed E-state index contributed by atoms with van der Waals surface area (Å²) in [6, 6.07) is 34.0. The van der Waals surface area contributed by atoms with Crippen LogP contribution in [0.4, 0.5) is 5.69 Å². The molecule has 0 aromatic heterocycles. The van der Waals surface area contributed by atoms with E-state index in [2.05, 4.69) is 96.3 Å². The van der Waals surface area contributed by atoms with Crippen LogP contribution in [-0.2, 0) is 4.79 Å². The molecule has 0 bridgehead atoms. The van der Waals surface area contributed by atoms with Crippen LogP contribution in [-0.4, -0.2) is 11.8 Å². The zero-order valence-electron chi connectivity index (χ0n) is 19.0. The maximum absolute atomic E-state index is 11.6. The molecule has 1 aliphatic carbocycles. The third-order valence-corrected chi connectivity index (χ3v) is 7.52. The lowest BCUT2D eigenvalue weighted by atomic mass is 9.93. The van der Waals surface area contributed by atoms with Gasteiger partial charge in [0.05, 0.1) is 0 Å². The molecule has 0 radical (unpaired) electrons. The molecule has 2 nitrogen and oxygen atoms in total. The van der Waals surface area contributed by atoms with Crippen LogP contribution in [0.25, 0.3) is 53.9 Å². The van der Waals surface area contributed by atoms with Gasteiger partial charge in [-0.15, -0.1) is 0 Å². The summed E-state index contributed by atoms with van der Waals surface area (Å²) in [6.07, 6.45) is 3.24. The largest absolute Gasteiger partial charge is 0.382 e. The third-order valence-electron chi connectivity index (χ3n) is 7.52. The molecule has 1 fully saturated rings. The second kappa shape index (κ2) is 7.56. The highest BCUT2D eigenvalue weighted by Crippen LogP contribution is 2.34. The molecule has 0 spiro atoms. The molecule has 1 saturated carbocycles. The lowest BCUT2D eigenvalue weighted by Gasteiger charge is -2.24. The molecular weight excluding hydrogens is 414 g/mol. The number of nitrogens with one attached hydrogen (secondary N) is 1. The average molecular weight is 440 g/mol. The van der Waals surface area contributed by atoms with Crippen molar-refractivity contribution in [1.29, 1.82) is 0 Å². The molecule has 164 valence electrons. The topological polar surface area (TPSA) is 29.1 Å². The molecule has 0 atom stereocenters. The highest BCUT2D eigenvalue weighted by atomic mass is 16.1. The van der Waals surface area contributed by atoms with Crippen molar-refractivity contribution in [3.63, 3.8) is 0 Å². The van der Waals surface area contributed by atoms with Gasteiger partial charge in [0.15, 0.2) is 0 Å². The van der Waals surface area contributed by atoms with Gasteiger partial charge in [0.25, 0.3) is 0 Å². The number of rotatable bonds is 2. The van der Waals surface area contributed by atoms with Crippen molar-refractivity contribution in [3.05, 3.63) is 91.0 Å². The quantitative estimate of drug-likeness (QED) is 0.275. The van der Waals surface area contributed by atoms with Crippen LogP contribution in [0, 0.1) is 0 Å². The summed E-state index contributed by atoms with van der Waals surface area (Å²) in [5, 5.41) is 16.4. The molecule has 7 rings (SSSR count). The van der Waals surface area contributed by atoms with E-state index in [0.29, 0.717) is 24.7 Å². The molecule has 0 heterocycles. The molecule has 6 aromatic carbocycles. The Kier molecular flexibility index (Phi) is 4.35. The number of benzene rings is 6. The van der Waals surface area contributed by atoms with E-state index >= 15 is 0 Å². The van der Waals surface area contributed by atoms with E-state index in [1.54, 1.807) is 0 Å². The minimum atomic E-state index is 0.372. The van der Waals surface area contributed by atoms with Crippen molar-refractivity contribution in [1.82, 2.24) is 0 Å². The third kappa shape index (κ3) is 3.30. The van der Waals surface area contributed by atoms with E-state index in [0.717, 1.165) is 12.8 Å². The average Bonchev–Trinajstić information content (AvgIpc) is 2.85. The van der Waals surface area contributed by atoms with Gasteiger partial charge in [-0.2, -0.15) is 0 Å². The first kappa shape index (κ1) is 19.5. The summed E-state index contributed by atoms with van der Waals surface area (Å²) in [5.74, 6) is 0.398. The van der Waals surface area contributed by atoms with Gasteiger partial charge in [0, 0.05) is 30.0 Å². The van der Waals surface area contributed by atoms with Crippen molar-refractivity contribution in [2.75, 3.05) is 5.32 Å². The van der Waals surface area contributed by atoms with Gasteiger partial charge in [-0.25, -0.2) is 0 Å². The summed E-state index contributed by atoms with van der Waals surface area (Å²) in [4.78, 5) is 11.6. The smallest absolute Gasteiger partial charge is 0.133 e. The summed E-state index contributed by atoms with van der Waals surface area (Å²) in [5.41, 5.74) is 1.17. The number of fused-ring (bicyclic) bond motifs is 5. The second-order valence-electron chi connectivity index (χ2n) is 9.78. The minimum absolute atomic E-state index is 0.372. The predicted molar refractivity (Wildman–Crippen MR) is 145 cm³/mol. The van der Waals surface area contributed by atoms with Crippen LogP contribution in [0.2, 0.25) is 0 Å². The van der Waals surface area contributed by atoms with E-state index in [1.807, 2.05) is 0 Å². The van der Waals surface area contributed by atoms with Crippen LogP contribution >= 0.6 is 0 Å². The molecule has 0 unspecified atom stereocenters. The van der Waals surface area contributed by atoms with E-state index < -0.39 is 0 Å². The highest BCUT2D eigenvalue weighted by Gasteiger charge is 2.19. The monoisotopic (exact) mass is 439 g/mol. The Bertz CT molecular complexity index is 1750. The van der Waals surface area contributed by atoms with Crippen LogP contribution < -0.4 is 5.32 Å². The Labute approximate surface area is 198 Å². The lowest BCUT2D eigenvalue weighted by Crippen LogP contribution is -2.26. The molecule has 34 heavy (non-hydrogen) atoms. The Morgan fingerprint density at radius 2 is 1.00 bits per heavy atom. The van der Waals surface area contributed by atoms with Crippen LogP contribution in [0.3, 0.4) is 0 Å². The van der Waals surface area contributed by atoms with Crippen molar-refractivity contribution in [2.24, 2.45) is 0 Å². The SMILES string of the molecule is O=C1CCC(Nc2cccc3cc4cc5cc6cc7ccccc7cc6cc5cc4cc23)CC1. The Morgan fingerprint density at radius 3 is 1.59 bits per heavy atom. The van der Waals surface area contributed by atoms with Crippen molar-refractivity contribution in [3.8, 4) is 0 Å². The number of ketones is 1. The number of Topliss-reactive ketones (excluding diaryl/α,β-unsaturated/α-hetero) is 1. The predicted octanol–water partition coefficient (Wildman–Crippen LogP) is 8.38. The number of anilines is 1. The molecule has 0 aliphatic heterocycles. The van der Waals surface area contributed by atoms with Gasteiger partial charge in [-0.3, -0.25) is 4.79 Å². The summed E-state index contributed by atoms with van der Waals surface area (Å²) in [7, 11) is 0. The fraction of sp³-hybridized carbons (Fsp3) is 0.156. The molecule has 6 aromatic rings. The zero-order valence-corrected chi connectivity index (χ0v) is 19.0. The Morgan fingerprint density at radius 1 is 0.529 bits per heavy atom. The molecule has 2 heteroatoms. The standard InChI is InChI=1S/C32H25NO/c34-30-10-8-29(9-11-30)33-32-7-3-6-22-14-25-17-26-15-23-12-20-4-1-2-5-21(20)13-24(23)16-27(26)18-28(25)19-31(22)32/h1-7,12-19,29,33H,8-11H2. The first-order valence-corrected chi connectivity index (χ1v) is 12.2. The molecule has 1 N–H and O–H groups in total. The molecule has 1 aliphatic rings. The summed E-state index contributed by atoms with van der Waals surface area (Å²) in [6.45, 7) is 0. The lowest BCUT2D eigenvalue weighted by molar-refractivity contribution is -0.120. The van der Waals surface area contributed by atoms with Crippen LogP contribution in [0.15, 0.2) is 91.0 Å². The van der Waals surface area contributed by atoms with E-state index in [1.165, 1.54) is 59.5 Å². The van der Waals surface area contributed by atoms with E-state index in [9.17, 15) is 4.79 Å². The van der Waals surface area contributed by atoms with Gasteiger partial charge < -0.3 is 5.32 Å². The summed E-state index contributed by atoms with van der Waals surface area (Å²) >= 11 is 0. The normalized spacial score (nSPS) is 15.1. The fourth-order valence-electron chi connectivity index (χ4n) is 5.65.